The second-order valence-electron chi connectivity index (χ2n) is 7.77. The summed E-state index contributed by atoms with van der Waals surface area (Å²) >= 11 is 0. The van der Waals surface area contributed by atoms with E-state index in [1.807, 2.05) is 24.4 Å². The number of benzene rings is 2. The molecule has 31 heavy (non-hydrogen) atoms. The molecule has 2 aromatic heterocycles. The average molecular weight is 434 g/mol. The van der Waals surface area contributed by atoms with E-state index in [2.05, 4.69) is 30.6 Å². The molecule has 2 aromatic carbocycles. The van der Waals surface area contributed by atoms with Gasteiger partial charge in [0, 0.05) is 30.9 Å². The van der Waals surface area contributed by atoms with E-state index in [1.54, 1.807) is 42.7 Å². The van der Waals surface area contributed by atoms with E-state index in [9.17, 15) is 8.42 Å². The lowest BCUT2D eigenvalue weighted by atomic mass is 9.90. The Labute approximate surface area is 181 Å². The second kappa shape index (κ2) is 8.03. The standard InChI is InChI=1S/C23H23N5O2S/c29-31(30,20-9-2-1-3-10-20)27-19-8-4-6-17(14-19)18-7-5-13-28(15-18)23-21-11-12-24-22(21)25-16-26-23/h1-4,6,8-12,14,16,18,27H,5,7,13,15H2,(H,24,25,26)/t18-/m0/s1. The van der Waals surface area contributed by atoms with E-state index in [0.29, 0.717) is 11.6 Å². The number of piperidine rings is 1. The Balaban J connectivity index is 1.38. The van der Waals surface area contributed by atoms with Crippen LogP contribution in [-0.2, 0) is 10.0 Å². The Morgan fingerprint density at radius 3 is 2.77 bits per heavy atom. The minimum Gasteiger partial charge on any atom is -0.355 e. The molecule has 7 nitrogen and oxygen atoms in total. The highest BCUT2D eigenvalue weighted by Crippen LogP contribution is 2.33. The largest absolute Gasteiger partial charge is 0.355 e. The molecule has 1 aliphatic heterocycles. The molecule has 0 radical (unpaired) electrons. The highest BCUT2D eigenvalue weighted by molar-refractivity contribution is 7.92. The van der Waals surface area contributed by atoms with Crippen molar-refractivity contribution in [2.75, 3.05) is 22.7 Å². The molecule has 0 aliphatic carbocycles. The molecule has 1 aliphatic rings. The number of sulfonamides is 1. The van der Waals surface area contributed by atoms with Crippen LogP contribution in [0.15, 0.2) is 78.1 Å². The van der Waals surface area contributed by atoms with Gasteiger partial charge >= 0.3 is 0 Å². The number of nitrogens with one attached hydrogen (secondary N) is 2. The number of aromatic amines is 1. The molecule has 0 unspecified atom stereocenters. The molecular formula is C23H23N5O2S. The Bertz CT molecular complexity index is 1300. The maximum atomic E-state index is 12.7. The summed E-state index contributed by atoms with van der Waals surface area (Å²) in [6, 6.07) is 18.1. The van der Waals surface area contributed by atoms with Crippen LogP contribution in [0.3, 0.4) is 0 Å². The second-order valence-corrected chi connectivity index (χ2v) is 9.45. The SMILES string of the molecule is O=S(=O)(Nc1cccc([C@H]2CCCN(c3ncnc4[nH]ccc34)C2)c1)c1ccccc1. The monoisotopic (exact) mass is 433 g/mol. The number of hydrogen-bond acceptors (Lipinski definition) is 5. The number of hydrogen-bond donors (Lipinski definition) is 2. The molecule has 5 rings (SSSR count). The van der Waals surface area contributed by atoms with Crippen molar-refractivity contribution in [3.63, 3.8) is 0 Å². The summed E-state index contributed by atoms with van der Waals surface area (Å²) in [4.78, 5) is 14.5. The van der Waals surface area contributed by atoms with Crippen LogP contribution in [0.4, 0.5) is 11.5 Å². The molecule has 2 N–H and O–H groups in total. The van der Waals surface area contributed by atoms with Crippen LogP contribution in [0.1, 0.15) is 24.3 Å². The lowest BCUT2D eigenvalue weighted by Gasteiger charge is -2.34. The van der Waals surface area contributed by atoms with Crippen LogP contribution >= 0.6 is 0 Å². The molecule has 1 atom stereocenters. The number of fused-ring (bicyclic) bond motifs is 1. The highest BCUT2D eigenvalue weighted by Gasteiger charge is 2.24. The molecule has 8 heteroatoms. The van der Waals surface area contributed by atoms with Crippen molar-refractivity contribution in [2.24, 2.45) is 0 Å². The van der Waals surface area contributed by atoms with E-state index < -0.39 is 10.0 Å². The maximum Gasteiger partial charge on any atom is 0.261 e. The van der Waals surface area contributed by atoms with Gasteiger partial charge < -0.3 is 9.88 Å². The molecule has 1 saturated heterocycles. The minimum atomic E-state index is -3.61. The van der Waals surface area contributed by atoms with Gasteiger partial charge in [-0.1, -0.05) is 30.3 Å². The van der Waals surface area contributed by atoms with Gasteiger partial charge in [0.05, 0.1) is 10.3 Å². The van der Waals surface area contributed by atoms with E-state index in [-0.39, 0.29) is 4.90 Å². The van der Waals surface area contributed by atoms with Gasteiger partial charge in [0.1, 0.15) is 17.8 Å². The number of nitrogens with zero attached hydrogens (tertiary/aromatic N) is 3. The predicted octanol–water partition coefficient (Wildman–Crippen LogP) is 4.14. The topological polar surface area (TPSA) is 91.0 Å². The fourth-order valence-electron chi connectivity index (χ4n) is 4.22. The lowest BCUT2D eigenvalue weighted by molar-refractivity contribution is 0.508. The van der Waals surface area contributed by atoms with Gasteiger partial charge in [-0.2, -0.15) is 0 Å². The number of rotatable bonds is 5. The first kappa shape index (κ1) is 19.6. The van der Waals surface area contributed by atoms with Gasteiger partial charge in [-0.15, -0.1) is 0 Å². The van der Waals surface area contributed by atoms with Gasteiger partial charge in [0.2, 0.25) is 0 Å². The summed E-state index contributed by atoms with van der Waals surface area (Å²) in [5, 5.41) is 1.02. The molecule has 0 saturated carbocycles. The Hall–Kier alpha value is -3.39. The third-order valence-corrected chi connectivity index (χ3v) is 7.11. The molecule has 0 amide bonds. The van der Waals surface area contributed by atoms with Crippen LogP contribution in [0.25, 0.3) is 11.0 Å². The Kier molecular flexibility index (Phi) is 5.07. The number of H-pyrrole nitrogens is 1. The van der Waals surface area contributed by atoms with Crippen molar-refractivity contribution in [2.45, 2.75) is 23.7 Å². The van der Waals surface area contributed by atoms with Crippen molar-refractivity contribution in [3.8, 4) is 0 Å². The van der Waals surface area contributed by atoms with Crippen LogP contribution in [0.5, 0.6) is 0 Å². The first-order valence-corrected chi connectivity index (χ1v) is 11.8. The summed E-state index contributed by atoms with van der Waals surface area (Å²) in [6.45, 7) is 1.76. The average Bonchev–Trinajstić information content (AvgIpc) is 3.29. The van der Waals surface area contributed by atoms with Crippen molar-refractivity contribution in [1.82, 2.24) is 15.0 Å². The van der Waals surface area contributed by atoms with Crippen molar-refractivity contribution >= 4 is 32.6 Å². The van der Waals surface area contributed by atoms with E-state index >= 15 is 0 Å². The smallest absolute Gasteiger partial charge is 0.261 e. The Morgan fingerprint density at radius 1 is 1.03 bits per heavy atom. The Morgan fingerprint density at radius 2 is 1.90 bits per heavy atom. The van der Waals surface area contributed by atoms with E-state index in [1.165, 1.54) is 0 Å². The molecule has 3 heterocycles. The molecule has 0 spiro atoms. The van der Waals surface area contributed by atoms with Gasteiger partial charge in [-0.25, -0.2) is 18.4 Å². The predicted molar refractivity (Wildman–Crippen MR) is 122 cm³/mol. The zero-order chi connectivity index (χ0) is 21.3. The fourth-order valence-corrected chi connectivity index (χ4v) is 5.29. The normalized spacial score (nSPS) is 17.0. The summed E-state index contributed by atoms with van der Waals surface area (Å²) < 4.78 is 28.1. The van der Waals surface area contributed by atoms with Crippen molar-refractivity contribution in [3.05, 3.63) is 78.8 Å². The first-order valence-electron chi connectivity index (χ1n) is 10.3. The zero-order valence-electron chi connectivity index (χ0n) is 16.9. The molecule has 1 fully saturated rings. The third kappa shape index (κ3) is 3.98. The minimum absolute atomic E-state index is 0.253. The number of aromatic nitrogens is 3. The van der Waals surface area contributed by atoms with Crippen molar-refractivity contribution in [1.29, 1.82) is 0 Å². The van der Waals surface area contributed by atoms with Gasteiger partial charge in [-0.05, 0) is 48.7 Å². The molecular weight excluding hydrogens is 410 g/mol. The highest BCUT2D eigenvalue weighted by atomic mass is 32.2. The van der Waals surface area contributed by atoms with Crippen molar-refractivity contribution < 1.29 is 8.42 Å². The van der Waals surface area contributed by atoms with Crippen LogP contribution in [0.2, 0.25) is 0 Å². The lowest BCUT2D eigenvalue weighted by Crippen LogP contribution is -2.35. The van der Waals surface area contributed by atoms with E-state index in [0.717, 1.165) is 48.3 Å². The zero-order valence-corrected chi connectivity index (χ0v) is 17.7. The summed E-state index contributed by atoms with van der Waals surface area (Å²) in [5.74, 6) is 1.23. The quantitative estimate of drug-likeness (QED) is 0.494. The van der Waals surface area contributed by atoms with Gasteiger partial charge in [0.15, 0.2) is 0 Å². The van der Waals surface area contributed by atoms with Crippen LogP contribution in [-0.4, -0.2) is 36.5 Å². The van der Waals surface area contributed by atoms with Gasteiger partial charge in [0.25, 0.3) is 10.0 Å². The molecule has 4 aromatic rings. The van der Waals surface area contributed by atoms with E-state index in [4.69, 9.17) is 0 Å². The summed E-state index contributed by atoms with van der Waals surface area (Å²) in [6.07, 6.45) is 5.57. The summed E-state index contributed by atoms with van der Waals surface area (Å²) in [5.41, 5.74) is 2.54. The number of anilines is 2. The van der Waals surface area contributed by atoms with Gasteiger partial charge in [-0.3, -0.25) is 4.72 Å². The maximum absolute atomic E-state index is 12.7. The first-order chi connectivity index (χ1) is 15.1. The molecule has 158 valence electrons. The summed E-state index contributed by atoms with van der Waals surface area (Å²) in [7, 11) is -3.61. The van der Waals surface area contributed by atoms with Crippen LogP contribution in [0, 0.1) is 0 Å². The van der Waals surface area contributed by atoms with Crippen LogP contribution < -0.4 is 9.62 Å². The third-order valence-electron chi connectivity index (χ3n) is 5.72. The fraction of sp³-hybridized carbons (Fsp3) is 0.217. The molecule has 0 bridgehead atoms.